The van der Waals surface area contributed by atoms with Crippen LogP contribution in [0.3, 0.4) is 0 Å². The standard InChI is InChI=1S/C40H72O2/c1-8-9-10-11-12-13-14-15-16-17-18-19-20-21-22-23-24-31-40(41)42-39(34-38(7)30-26-28-36(4)5)33-32-37(6)29-25-27-35(2)3/h27-28,32,34,39H,8-26,29-31,33H2,1-7H3. The number of rotatable bonds is 28. The molecular formula is C40H72O2. The molecule has 1 unspecified atom stereocenters. The lowest BCUT2D eigenvalue weighted by Gasteiger charge is -2.15. The molecule has 0 N–H and O–H groups in total. The molecule has 42 heavy (non-hydrogen) atoms. The average Bonchev–Trinajstić information content (AvgIpc) is 2.93. The van der Waals surface area contributed by atoms with Crippen LogP contribution in [0, 0.1) is 0 Å². The van der Waals surface area contributed by atoms with Crippen LogP contribution < -0.4 is 0 Å². The van der Waals surface area contributed by atoms with E-state index in [1.165, 1.54) is 119 Å². The van der Waals surface area contributed by atoms with Crippen molar-refractivity contribution in [2.24, 2.45) is 0 Å². The third kappa shape index (κ3) is 29.9. The predicted molar refractivity (Wildman–Crippen MR) is 188 cm³/mol. The maximum absolute atomic E-state index is 12.7. The molecule has 0 fully saturated rings. The van der Waals surface area contributed by atoms with Crippen molar-refractivity contribution in [3.63, 3.8) is 0 Å². The van der Waals surface area contributed by atoms with Gasteiger partial charge in [-0.3, -0.25) is 4.79 Å². The van der Waals surface area contributed by atoms with Crippen LogP contribution in [0.2, 0.25) is 0 Å². The van der Waals surface area contributed by atoms with Gasteiger partial charge >= 0.3 is 5.97 Å². The molecule has 0 saturated carbocycles. The van der Waals surface area contributed by atoms with Gasteiger partial charge in [0, 0.05) is 12.8 Å². The SMILES string of the molecule is CCCCCCCCCCCCCCCCCCCC(=O)OC(C=C(C)CCC=C(C)C)CC=C(C)CCC=C(C)C. The molecule has 0 rings (SSSR count). The maximum Gasteiger partial charge on any atom is 0.306 e. The highest BCUT2D eigenvalue weighted by Gasteiger charge is 2.12. The number of carbonyl (C=O) groups is 1. The summed E-state index contributed by atoms with van der Waals surface area (Å²) < 4.78 is 5.98. The molecule has 0 aliphatic carbocycles. The second-order valence-corrected chi connectivity index (χ2v) is 13.4. The summed E-state index contributed by atoms with van der Waals surface area (Å²) in [5.74, 6) is -0.0371. The van der Waals surface area contributed by atoms with Crippen molar-refractivity contribution in [1.29, 1.82) is 0 Å². The Kier molecular flexibility index (Phi) is 28.4. The number of hydrogen-bond donors (Lipinski definition) is 0. The van der Waals surface area contributed by atoms with Gasteiger partial charge < -0.3 is 4.74 Å². The first-order chi connectivity index (χ1) is 20.2. The van der Waals surface area contributed by atoms with Crippen LogP contribution in [-0.4, -0.2) is 12.1 Å². The largest absolute Gasteiger partial charge is 0.458 e. The van der Waals surface area contributed by atoms with Gasteiger partial charge in [0.1, 0.15) is 6.10 Å². The van der Waals surface area contributed by atoms with Crippen LogP contribution in [0.4, 0.5) is 0 Å². The summed E-state index contributed by atoms with van der Waals surface area (Å²) in [7, 11) is 0. The Morgan fingerprint density at radius 2 is 0.929 bits per heavy atom. The minimum Gasteiger partial charge on any atom is -0.458 e. The van der Waals surface area contributed by atoms with Crippen molar-refractivity contribution in [3.8, 4) is 0 Å². The molecule has 0 bridgehead atoms. The monoisotopic (exact) mass is 585 g/mol. The summed E-state index contributed by atoms with van der Waals surface area (Å²) in [6.45, 7) is 15.2. The van der Waals surface area contributed by atoms with E-state index in [1.54, 1.807) is 0 Å². The number of carbonyl (C=O) groups excluding carboxylic acids is 1. The van der Waals surface area contributed by atoms with Crippen LogP contribution >= 0.6 is 0 Å². The number of ether oxygens (including phenoxy) is 1. The molecule has 0 saturated heterocycles. The van der Waals surface area contributed by atoms with Crippen LogP contribution in [0.5, 0.6) is 0 Å². The Balaban J connectivity index is 4.18. The molecule has 0 aromatic heterocycles. The fourth-order valence-corrected chi connectivity index (χ4v) is 5.37. The summed E-state index contributed by atoms with van der Waals surface area (Å²) in [5.41, 5.74) is 5.40. The molecule has 2 heteroatoms. The fraction of sp³-hybridized carbons (Fsp3) is 0.775. The van der Waals surface area contributed by atoms with Crippen LogP contribution in [0.1, 0.15) is 196 Å². The summed E-state index contributed by atoms with van der Waals surface area (Å²) in [6.07, 6.45) is 37.4. The van der Waals surface area contributed by atoms with Crippen molar-refractivity contribution < 1.29 is 9.53 Å². The quantitative estimate of drug-likeness (QED) is 0.0519. The van der Waals surface area contributed by atoms with Gasteiger partial charge in [0.05, 0.1) is 0 Å². The lowest BCUT2D eigenvalue weighted by atomic mass is 10.0. The minimum atomic E-state index is -0.159. The van der Waals surface area contributed by atoms with Gasteiger partial charge in [0.15, 0.2) is 0 Å². The molecule has 0 aromatic rings. The zero-order valence-corrected chi connectivity index (χ0v) is 29.5. The van der Waals surface area contributed by atoms with Gasteiger partial charge in [-0.2, -0.15) is 0 Å². The number of esters is 1. The van der Waals surface area contributed by atoms with E-state index >= 15 is 0 Å². The number of allylic oxidation sites excluding steroid dienone is 6. The first-order valence-corrected chi connectivity index (χ1v) is 18.0. The molecule has 0 radical (unpaired) electrons. The summed E-state index contributed by atoms with van der Waals surface area (Å²) in [4.78, 5) is 12.7. The van der Waals surface area contributed by atoms with E-state index in [0.717, 1.165) is 44.9 Å². The molecule has 244 valence electrons. The third-order valence-corrected chi connectivity index (χ3v) is 8.12. The highest BCUT2D eigenvalue weighted by Crippen LogP contribution is 2.17. The predicted octanol–water partition coefficient (Wildman–Crippen LogP) is 13.7. The molecule has 0 aliphatic heterocycles. The molecule has 1 atom stereocenters. The van der Waals surface area contributed by atoms with Crippen molar-refractivity contribution in [3.05, 3.63) is 46.6 Å². The Morgan fingerprint density at radius 1 is 0.524 bits per heavy atom. The van der Waals surface area contributed by atoms with E-state index in [9.17, 15) is 4.79 Å². The lowest BCUT2D eigenvalue weighted by molar-refractivity contribution is -0.146. The van der Waals surface area contributed by atoms with Gasteiger partial charge in [0.2, 0.25) is 0 Å². The van der Waals surface area contributed by atoms with Gasteiger partial charge in [-0.1, -0.05) is 150 Å². The Labute approximate surface area is 263 Å². The second-order valence-electron chi connectivity index (χ2n) is 13.4. The smallest absolute Gasteiger partial charge is 0.306 e. The normalized spacial score (nSPS) is 12.7. The molecular weight excluding hydrogens is 512 g/mol. The zero-order valence-electron chi connectivity index (χ0n) is 29.5. The van der Waals surface area contributed by atoms with E-state index in [-0.39, 0.29) is 12.1 Å². The van der Waals surface area contributed by atoms with Crippen LogP contribution in [-0.2, 0) is 9.53 Å². The van der Waals surface area contributed by atoms with E-state index < -0.39 is 0 Å². The number of hydrogen-bond acceptors (Lipinski definition) is 2. The Bertz CT molecular complexity index is 759. The topological polar surface area (TPSA) is 26.3 Å². The molecule has 0 heterocycles. The van der Waals surface area contributed by atoms with Crippen molar-refractivity contribution in [1.82, 2.24) is 0 Å². The van der Waals surface area contributed by atoms with Gasteiger partial charge in [-0.25, -0.2) is 0 Å². The van der Waals surface area contributed by atoms with E-state index in [2.05, 4.69) is 72.8 Å². The fourth-order valence-electron chi connectivity index (χ4n) is 5.37. The Hall–Kier alpha value is -1.57. The highest BCUT2D eigenvalue weighted by atomic mass is 16.5. The first kappa shape index (κ1) is 40.4. The van der Waals surface area contributed by atoms with Gasteiger partial charge in [-0.05, 0) is 79.7 Å². The van der Waals surface area contributed by atoms with Crippen molar-refractivity contribution >= 4 is 5.97 Å². The number of unbranched alkanes of at least 4 members (excludes halogenated alkanes) is 16. The van der Waals surface area contributed by atoms with Gasteiger partial charge in [0.25, 0.3) is 0 Å². The third-order valence-electron chi connectivity index (χ3n) is 8.12. The molecule has 0 aromatic carbocycles. The summed E-state index contributed by atoms with van der Waals surface area (Å²) in [5, 5.41) is 0. The van der Waals surface area contributed by atoms with E-state index in [0.29, 0.717) is 6.42 Å². The van der Waals surface area contributed by atoms with E-state index in [4.69, 9.17) is 4.74 Å². The van der Waals surface area contributed by atoms with Crippen molar-refractivity contribution in [2.75, 3.05) is 0 Å². The van der Waals surface area contributed by atoms with Crippen LogP contribution in [0.25, 0.3) is 0 Å². The highest BCUT2D eigenvalue weighted by molar-refractivity contribution is 5.69. The average molecular weight is 585 g/mol. The van der Waals surface area contributed by atoms with E-state index in [1.807, 2.05) is 0 Å². The second kappa shape index (κ2) is 29.5. The first-order valence-electron chi connectivity index (χ1n) is 18.0. The molecule has 0 amide bonds. The van der Waals surface area contributed by atoms with Crippen molar-refractivity contribution in [2.45, 2.75) is 202 Å². The molecule has 0 spiro atoms. The maximum atomic E-state index is 12.7. The molecule has 0 aliphatic rings. The van der Waals surface area contributed by atoms with Gasteiger partial charge in [-0.15, -0.1) is 0 Å². The zero-order chi connectivity index (χ0) is 31.3. The molecule has 2 nitrogen and oxygen atoms in total. The lowest BCUT2D eigenvalue weighted by Crippen LogP contribution is -2.16. The minimum absolute atomic E-state index is 0.0371. The Morgan fingerprint density at radius 3 is 1.36 bits per heavy atom. The van der Waals surface area contributed by atoms with Crippen LogP contribution in [0.15, 0.2) is 46.6 Å². The summed E-state index contributed by atoms with van der Waals surface area (Å²) >= 11 is 0. The summed E-state index contributed by atoms with van der Waals surface area (Å²) in [6, 6.07) is 0.